The molecule has 0 rings (SSSR count). The summed E-state index contributed by atoms with van der Waals surface area (Å²) in [7, 11) is 1.46. The van der Waals surface area contributed by atoms with E-state index in [9.17, 15) is 19.0 Å². The van der Waals surface area contributed by atoms with E-state index in [1.54, 1.807) is 0 Å². The number of amides is 1. The second-order valence-electron chi connectivity index (χ2n) is 24.7. The van der Waals surface area contributed by atoms with Crippen LogP contribution in [0.5, 0.6) is 0 Å². The van der Waals surface area contributed by atoms with E-state index in [0.717, 1.165) is 77.0 Å². The summed E-state index contributed by atoms with van der Waals surface area (Å²) in [6.07, 6.45) is 83.3. The average Bonchev–Trinajstić information content (AvgIpc) is 3.46. The first-order chi connectivity index (χ1) is 40.4. The van der Waals surface area contributed by atoms with Crippen LogP contribution in [0.4, 0.5) is 0 Å². The van der Waals surface area contributed by atoms with E-state index >= 15 is 0 Å². The summed E-state index contributed by atoms with van der Waals surface area (Å²) in [4.78, 5) is 37.8. The molecule has 0 aromatic carbocycles. The molecule has 1 amide bonds. The van der Waals surface area contributed by atoms with Crippen LogP contribution in [0.1, 0.15) is 316 Å². The van der Waals surface area contributed by atoms with Gasteiger partial charge >= 0.3 is 13.8 Å². The highest BCUT2D eigenvalue weighted by molar-refractivity contribution is 7.47. The Labute approximate surface area is 514 Å². The number of phosphoric acid groups is 1. The molecule has 0 aliphatic carbocycles. The standard InChI is InChI=1S/C73H133N2O7P/c1-7-10-13-16-19-22-25-28-30-32-34-35-36-37-38-39-41-42-44-47-50-53-56-59-62-65-72(76)74-70(69-81-83(78,79)80-68-67-75(4,5)6)71(64-61-58-55-52-49-46-27-24-21-18-15-12-9-3)82-73(77)66-63-60-57-54-51-48-45-43-40-33-31-29-26-23-20-17-14-11-8-2/h11,14,20,23,29,31,40,43,48,51,57,60-61,64,70-71H,7-10,12-13,15-19,21-22,24-28,30,32-39,41-42,44-47,49-50,52-56,58-59,62-63,65-69H2,1-6H3,(H-,74,76,78,79)/p+1/b14-11-,23-20-,31-29-,43-40-,51-48-,60-57-,64-61+. The Morgan fingerprint density at radius 2 is 0.783 bits per heavy atom. The Kier molecular flexibility index (Phi) is 60.1. The maximum Gasteiger partial charge on any atom is 0.472 e. The quantitative estimate of drug-likeness (QED) is 0.0205. The van der Waals surface area contributed by atoms with Crippen LogP contribution in [0.2, 0.25) is 0 Å². The van der Waals surface area contributed by atoms with Gasteiger partial charge < -0.3 is 19.4 Å². The lowest BCUT2D eigenvalue weighted by atomic mass is 10.0. The zero-order valence-corrected chi connectivity index (χ0v) is 56.1. The molecule has 9 nitrogen and oxygen atoms in total. The number of phosphoric ester groups is 1. The summed E-state index contributed by atoms with van der Waals surface area (Å²) in [6, 6.07) is -0.882. The molecule has 0 saturated heterocycles. The SMILES string of the molecule is CC/C=C\C/C=C\C/C=C\C/C=C\C/C=C\C/C=C\CCC(=O)OC(/C=C/CCCCCCCCCCCCC)C(COP(=O)(O)OCC[N+](C)(C)C)NC(=O)CCCCCCCCCCCCCCCCCCCCCCCCCCC. The van der Waals surface area contributed by atoms with Crippen molar-refractivity contribution >= 4 is 19.7 Å². The van der Waals surface area contributed by atoms with E-state index < -0.39 is 25.9 Å². The van der Waals surface area contributed by atoms with Crippen molar-refractivity contribution in [2.75, 3.05) is 40.9 Å². The summed E-state index contributed by atoms with van der Waals surface area (Å²) in [5.74, 6) is -0.594. The molecule has 0 aromatic heterocycles. The highest BCUT2D eigenvalue weighted by Gasteiger charge is 2.30. The van der Waals surface area contributed by atoms with Gasteiger partial charge in [0.1, 0.15) is 19.3 Å². The van der Waals surface area contributed by atoms with Crippen molar-refractivity contribution in [3.05, 3.63) is 85.1 Å². The van der Waals surface area contributed by atoms with Gasteiger partial charge in [-0.1, -0.05) is 318 Å². The van der Waals surface area contributed by atoms with E-state index in [1.807, 2.05) is 39.4 Å². The van der Waals surface area contributed by atoms with E-state index in [4.69, 9.17) is 13.8 Å². The zero-order chi connectivity index (χ0) is 60.7. The van der Waals surface area contributed by atoms with Crippen LogP contribution in [0, 0.1) is 0 Å². The summed E-state index contributed by atoms with van der Waals surface area (Å²) < 4.78 is 30.7. The van der Waals surface area contributed by atoms with Crippen molar-refractivity contribution in [1.82, 2.24) is 5.32 Å². The first-order valence-corrected chi connectivity index (χ1v) is 36.4. The maximum absolute atomic E-state index is 13.6. The Morgan fingerprint density at radius 3 is 1.16 bits per heavy atom. The minimum absolute atomic E-state index is 0.0275. The average molecular weight is 1180 g/mol. The van der Waals surface area contributed by atoms with Crippen LogP contribution >= 0.6 is 7.82 Å². The van der Waals surface area contributed by atoms with Crippen molar-refractivity contribution in [3.8, 4) is 0 Å². The van der Waals surface area contributed by atoms with Gasteiger partial charge in [-0.25, -0.2) is 4.57 Å². The number of unbranched alkanes of at least 4 members (excludes halogenated alkanes) is 35. The van der Waals surface area contributed by atoms with Crippen LogP contribution in [0.25, 0.3) is 0 Å². The molecule has 0 spiro atoms. The Balaban J connectivity index is 5.18. The molecule has 3 atom stereocenters. The Morgan fingerprint density at radius 1 is 0.434 bits per heavy atom. The highest BCUT2D eigenvalue weighted by Crippen LogP contribution is 2.43. The van der Waals surface area contributed by atoms with Crippen molar-refractivity contribution in [2.45, 2.75) is 328 Å². The van der Waals surface area contributed by atoms with Gasteiger partial charge in [0.05, 0.1) is 33.8 Å². The number of nitrogens with one attached hydrogen (secondary N) is 1. The first kappa shape index (κ1) is 80.2. The third-order valence-corrected chi connectivity index (χ3v) is 16.3. The Hall–Kier alpha value is -2.81. The molecule has 0 fully saturated rings. The monoisotopic (exact) mass is 1180 g/mol. The molecular weight excluding hydrogens is 1050 g/mol. The van der Waals surface area contributed by atoms with Crippen molar-refractivity contribution in [1.29, 1.82) is 0 Å². The molecular formula is C73H134N2O7P+. The normalized spacial score (nSPS) is 14.1. The number of nitrogens with zero attached hydrogens (tertiary/aromatic N) is 1. The lowest BCUT2D eigenvalue weighted by molar-refractivity contribution is -0.870. The van der Waals surface area contributed by atoms with Gasteiger partial charge in [0.25, 0.3) is 0 Å². The number of carbonyl (C=O) groups excluding carboxylic acids is 2. The van der Waals surface area contributed by atoms with E-state index in [0.29, 0.717) is 23.9 Å². The largest absolute Gasteiger partial charge is 0.472 e. The van der Waals surface area contributed by atoms with Crippen molar-refractivity contribution in [2.24, 2.45) is 0 Å². The van der Waals surface area contributed by atoms with Gasteiger partial charge in [-0.05, 0) is 70.3 Å². The number of hydrogen-bond acceptors (Lipinski definition) is 6. The van der Waals surface area contributed by atoms with Gasteiger partial charge in [-0.15, -0.1) is 0 Å². The highest BCUT2D eigenvalue weighted by atomic mass is 31.2. The second-order valence-corrected chi connectivity index (χ2v) is 26.1. The predicted molar refractivity (Wildman–Crippen MR) is 360 cm³/mol. The van der Waals surface area contributed by atoms with Crippen molar-refractivity contribution < 1.29 is 37.3 Å². The van der Waals surface area contributed by atoms with Crippen LogP contribution < -0.4 is 5.32 Å². The molecule has 0 saturated carbocycles. The fourth-order valence-corrected chi connectivity index (χ4v) is 10.8. The summed E-state index contributed by atoms with van der Waals surface area (Å²) in [6.45, 7) is 6.89. The molecule has 0 aromatic rings. The van der Waals surface area contributed by atoms with E-state index in [2.05, 4.69) is 92.9 Å². The number of likely N-dealkylation sites (N-methyl/N-ethyl adjacent to an activating group) is 1. The van der Waals surface area contributed by atoms with Gasteiger partial charge in [0.2, 0.25) is 5.91 Å². The van der Waals surface area contributed by atoms with Crippen LogP contribution in [-0.4, -0.2) is 74.3 Å². The lowest BCUT2D eigenvalue weighted by Gasteiger charge is -2.27. The predicted octanol–water partition coefficient (Wildman–Crippen LogP) is 22.1. The number of quaternary nitrogens is 1. The molecule has 0 aliphatic heterocycles. The van der Waals surface area contributed by atoms with E-state index in [-0.39, 0.29) is 25.5 Å². The van der Waals surface area contributed by atoms with Crippen molar-refractivity contribution in [3.63, 3.8) is 0 Å². The van der Waals surface area contributed by atoms with Crippen LogP contribution in [-0.2, 0) is 27.9 Å². The van der Waals surface area contributed by atoms with Crippen LogP contribution in [0.3, 0.4) is 0 Å². The molecule has 0 heterocycles. The zero-order valence-electron chi connectivity index (χ0n) is 55.2. The third-order valence-electron chi connectivity index (χ3n) is 15.4. The summed E-state index contributed by atoms with van der Waals surface area (Å²) in [5, 5.41) is 3.05. The topological polar surface area (TPSA) is 111 Å². The molecule has 2 N–H and O–H groups in total. The molecule has 0 bridgehead atoms. The number of allylic oxidation sites excluding steroid dienone is 13. The maximum atomic E-state index is 13.6. The number of carbonyl (C=O) groups is 2. The molecule has 0 aliphatic rings. The molecule has 482 valence electrons. The molecule has 83 heavy (non-hydrogen) atoms. The first-order valence-electron chi connectivity index (χ1n) is 34.9. The number of hydrogen-bond donors (Lipinski definition) is 2. The smallest absolute Gasteiger partial charge is 0.456 e. The number of ether oxygens (including phenoxy) is 1. The lowest BCUT2D eigenvalue weighted by Crippen LogP contribution is -2.47. The molecule has 10 heteroatoms. The fourth-order valence-electron chi connectivity index (χ4n) is 10.0. The van der Waals surface area contributed by atoms with Gasteiger partial charge in [0, 0.05) is 12.8 Å². The fraction of sp³-hybridized carbons (Fsp3) is 0.781. The van der Waals surface area contributed by atoms with Gasteiger partial charge in [-0.2, -0.15) is 0 Å². The van der Waals surface area contributed by atoms with Crippen LogP contribution in [0.15, 0.2) is 85.1 Å². The number of esters is 1. The minimum atomic E-state index is -4.47. The molecule has 3 unspecified atom stereocenters. The van der Waals surface area contributed by atoms with Gasteiger partial charge in [-0.3, -0.25) is 18.6 Å². The van der Waals surface area contributed by atoms with Gasteiger partial charge in [0.15, 0.2) is 0 Å². The molecule has 0 radical (unpaired) electrons. The Bertz CT molecular complexity index is 1700. The van der Waals surface area contributed by atoms with E-state index in [1.165, 1.54) is 199 Å². The number of rotatable bonds is 63. The summed E-state index contributed by atoms with van der Waals surface area (Å²) in [5.41, 5.74) is 0. The second kappa shape index (κ2) is 62.2. The minimum Gasteiger partial charge on any atom is -0.456 e. The third kappa shape index (κ3) is 63.5. The summed E-state index contributed by atoms with van der Waals surface area (Å²) >= 11 is 0.